The number of rotatable bonds is 4. The number of hydrogen-bond donors (Lipinski definition) is 2. The van der Waals surface area contributed by atoms with Gasteiger partial charge < -0.3 is 10.2 Å². The van der Waals surface area contributed by atoms with Gasteiger partial charge in [-0.1, -0.05) is 36.4 Å². The normalized spacial score (nSPS) is 17.7. The summed E-state index contributed by atoms with van der Waals surface area (Å²) in [6.45, 7) is 5.27. The van der Waals surface area contributed by atoms with Crippen LogP contribution in [0.2, 0.25) is 0 Å². The molecule has 1 unspecified atom stereocenters. The highest BCUT2D eigenvalue weighted by atomic mass is 16.2. The number of para-hydroxylation sites is 1. The fourth-order valence-corrected chi connectivity index (χ4v) is 3.30. The predicted octanol–water partition coefficient (Wildman–Crippen LogP) is 1.86. The Kier molecular flexibility index (Phi) is 4.76. The average molecular weight is 323 g/mol. The van der Waals surface area contributed by atoms with E-state index in [0.717, 1.165) is 19.5 Å². The second-order valence-electron chi connectivity index (χ2n) is 6.42. The number of carbonyl (C=O) groups is 2. The van der Waals surface area contributed by atoms with Gasteiger partial charge in [-0.2, -0.15) is 0 Å². The summed E-state index contributed by atoms with van der Waals surface area (Å²) in [7, 11) is 0. The summed E-state index contributed by atoms with van der Waals surface area (Å²) in [5, 5.41) is 2.93. The van der Waals surface area contributed by atoms with E-state index in [1.54, 1.807) is 12.1 Å². The molecule has 1 heterocycles. The van der Waals surface area contributed by atoms with Crippen molar-refractivity contribution < 1.29 is 14.5 Å². The highest BCUT2D eigenvalue weighted by molar-refractivity contribution is 6.04. The van der Waals surface area contributed by atoms with E-state index in [4.69, 9.17) is 0 Å². The Balaban J connectivity index is 1.71. The van der Waals surface area contributed by atoms with Crippen LogP contribution in [0.5, 0.6) is 0 Å². The van der Waals surface area contributed by atoms with E-state index in [1.807, 2.05) is 19.1 Å². The van der Waals surface area contributed by atoms with Crippen LogP contribution in [0.15, 0.2) is 48.5 Å². The third-order valence-electron chi connectivity index (χ3n) is 4.82. The van der Waals surface area contributed by atoms with Crippen molar-refractivity contribution in [1.82, 2.24) is 0 Å². The van der Waals surface area contributed by atoms with Gasteiger partial charge in [-0.05, 0) is 31.5 Å². The second-order valence-corrected chi connectivity index (χ2v) is 6.42. The number of ketones is 1. The molecule has 2 N–H and O–H groups in total. The van der Waals surface area contributed by atoms with Gasteiger partial charge in [0.15, 0.2) is 11.8 Å². The first-order chi connectivity index (χ1) is 11.6. The van der Waals surface area contributed by atoms with Crippen molar-refractivity contribution in [3.63, 3.8) is 0 Å². The van der Waals surface area contributed by atoms with Crippen LogP contribution in [-0.2, 0) is 17.8 Å². The number of benzene rings is 2. The smallest absolute Gasteiger partial charge is 0.282 e. The summed E-state index contributed by atoms with van der Waals surface area (Å²) in [4.78, 5) is 25.6. The van der Waals surface area contributed by atoms with Crippen LogP contribution in [0.3, 0.4) is 0 Å². The van der Waals surface area contributed by atoms with E-state index in [9.17, 15) is 9.59 Å². The highest BCUT2D eigenvalue weighted by Crippen LogP contribution is 2.16. The SMILES string of the molecule is CC(=O)c1ccccc1NC(=O)[C@@H](C)[NH+]1CCc2ccccc2C1. The topological polar surface area (TPSA) is 50.6 Å². The predicted molar refractivity (Wildman–Crippen MR) is 94.2 cm³/mol. The Hall–Kier alpha value is -2.46. The lowest BCUT2D eigenvalue weighted by molar-refractivity contribution is -0.929. The molecule has 4 heteroatoms. The van der Waals surface area contributed by atoms with Crippen molar-refractivity contribution in [2.75, 3.05) is 11.9 Å². The molecule has 2 atom stereocenters. The van der Waals surface area contributed by atoms with Gasteiger partial charge in [0.1, 0.15) is 6.54 Å². The summed E-state index contributed by atoms with van der Waals surface area (Å²) < 4.78 is 0. The number of anilines is 1. The fourth-order valence-electron chi connectivity index (χ4n) is 3.30. The van der Waals surface area contributed by atoms with Crippen molar-refractivity contribution in [3.8, 4) is 0 Å². The number of quaternary nitrogens is 1. The number of Topliss-reactive ketones (excluding diaryl/α,β-unsaturated/α-hetero) is 1. The molecule has 2 aromatic rings. The minimum absolute atomic E-state index is 0.0434. The Morgan fingerprint density at radius 3 is 2.46 bits per heavy atom. The Bertz CT molecular complexity index is 770. The van der Waals surface area contributed by atoms with Gasteiger partial charge >= 0.3 is 0 Å². The summed E-state index contributed by atoms with van der Waals surface area (Å²) in [6.07, 6.45) is 0.993. The Labute approximate surface area is 142 Å². The van der Waals surface area contributed by atoms with Crippen LogP contribution in [0, 0.1) is 0 Å². The van der Waals surface area contributed by atoms with Crippen molar-refractivity contribution >= 4 is 17.4 Å². The van der Waals surface area contributed by atoms with Gasteiger partial charge in [-0.25, -0.2) is 0 Å². The number of amides is 1. The molecule has 0 radical (unpaired) electrons. The van der Waals surface area contributed by atoms with E-state index in [0.29, 0.717) is 11.3 Å². The lowest BCUT2D eigenvalue weighted by atomic mass is 9.98. The van der Waals surface area contributed by atoms with Gasteiger partial charge in [0.2, 0.25) is 0 Å². The molecular weight excluding hydrogens is 300 g/mol. The minimum atomic E-state index is -0.168. The first-order valence-electron chi connectivity index (χ1n) is 8.38. The summed E-state index contributed by atoms with van der Waals surface area (Å²) in [5.41, 5.74) is 3.86. The molecule has 24 heavy (non-hydrogen) atoms. The molecule has 0 saturated carbocycles. The van der Waals surface area contributed by atoms with Crippen LogP contribution < -0.4 is 10.2 Å². The van der Waals surface area contributed by atoms with Gasteiger partial charge in [-0.15, -0.1) is 0 Å². The van der Waals surface area contributed by atoms with E-state index in [2.05, 4.69) is 29.6 Å². The molecule has 0 saturated heterocycles. The van der Waals surface area contributed by atoms with Gasteiger partial charge in [0.05, 0.1) is 12.2 Å². The summed E-state index contributed by atoms with van der Waals surface area (Å²) >= 11 is 0. The Morgan fingerprint density at radius 1 is 1.04 bits per heavy atom. The molecule has 0 aliphatic carbocycles. The maximum atomic E-state index is 12.7. The van der Waals surface area contributed by atoms with Crippen molar-refractivity contribution in [2.24, 2.45) is 0 Å². The molecule has 4 nitrogen and oxygen atoms in total. The number of nitrogens with one attached hydrogen (secondary N) is 2. The standard InChI is InChI=1S/C20H22N2O2/c1-14(22-12-11-16-7-3-4-8-17(16)13-22)20(24)21-19-10-6-5-9-18(19)15(2)23/h3-10,14H,11-13H2,1-2H3,(H,21,24)/p+1/t14-/m1/s1. The molecule has 0 aromatic heterocycles. The molecule has 124 valence electrons. The highest BCUT2D eigenvalue weighted by Gasteiger charge is 2.29. The van der Waals surface area contributed by atoms with E-state index in [1.165, 1.54) is 23.0 Å². The Morgan fingerprint density at radius 2 is 1.71 bits per heavy atom. The summed E-state index contributed by atoms with van der Waals surface area (Å²) in [5.74, 6) is -0.0871. The fraction of sp³-hybridized carbons (Fsp3) is 0.300. The molecule has 3 rings (SSSR count). The second kappa shape index (κ2) is 6.97. The minimum Gasteiger partial charge on any atom is -0.321 e. The van der Waals surface area contributed by atoms with Gasteiger partial charge in [0, 0.05) is 17.5 Å². The monoisotopic (exact) mass is 323 g/mol. The molecular formula is C20H23N2O2+. The molecule has 1 amide bonds. The third kappa shape index (κ3) is 3.39. The number of carbonyl (C=O) groups excluding carboxylic acids is 2. The van der Waals surface area contributed by atoms with Crippen LogP contribution in [0.4, 0.5) is 5.69 Å². The number of hydrogen-bond acceptors (Lipinski definition) is 2. The van der Waals surface area contributed by atoms with Gasteiger partial charge in [0.25, 0.3) is 5.91 Å². The van der Waals surface area contributed by atoms with E-state index < -0.39 is 0 Å². The van der Waals surface area contributed by atoms with Crippen LogP contribution in [-0.4, -0.2) is 24.3 Å². The molecule has 0 bridgehead atoms. The molecule has 1 aliphatic rings. The van der Waals surface area contributed by atoms with Crippen LogP contribution in [0.25, 0.3) is 0 Å². The van der Waals surface area contributed by atoms with Crippen molar-refractivity contribution in [3.05, 3.63) is 65.2 Å². The molecule has 0 fully saturated rings. The molecule has 1 aliphatic heterocycles. The van der Waals surface area contributed by atoms with Crippen molar-refractivity contribution in [2.45, 2.75) is 32.9 Å². The van der Waals surface area contributed by atoms with Crippen LogP contribution in [0.1, 0.15) is 35.3 Å². The molecule has 2 aromatic carbocycles. The first kappa shape index (κ1) is 16.4. The summed E-state index contributed by atoms with van der Waals surface area (Å²) in [6, 6.07) is 15.4. The zero-order chi connectivity index (χ0) is 17.1. The van der Waals surface area contributed by atoms with E-state index in [-0.39, 0.29) is 17.7 Å². The largest absolute Gasteiger partial charge is 0.321 e. The van der Waals surface area contributed by atoms with Gasteiger partial charge in [-0.3, -0.25) is 9.59 Å². The molecule has 0 spiro atoms. The zero-order valence-corrected chi connectivity index (χ0v) is 14.1. The third-order valence-corrected chi connectivity index (χ3v) is 4.82. The first-order valence-corrected chi connectivity index (χ1v) is 8.38. The lowest BCUT2D eigenvalue weighted by Crippen LogP contribution is -3.16. The quantitative estimate of drug-likeness (QED) is 0.844. The average Bonchev–Trinajstić information content (AvgIpc) is 2.61. The van der Waals surface area contributed by atoms with Crippen molar-refractivity contribution in [1.29, 1.82) is 0 Å². The lowest BCUT2D eigenvalue weighted by Gasteiger charge is -2.30. The maximum absolute atomic E-state index is 12.7. The van der Waals surface area contributed by atoms with E-state index >= 15 is 0 Å². The maximum Gasteiger partial charge on any atom is 0.282 e. The zero-order valence-electron chi connectivity index (χ0n) is 14.1. The number of fused-ring (bicyclic) bond motifs is 1. The van der Waals surface area contributed by atoms with Crippen LogP contribution >= 0.6 is 0 Å².